The van der Waals surface area contributed by atoms with E-state index in [9.17, 15) is 4.21 Å². The molecule has 0 aliphatic heterocycles. The van der Waals surface area contributed by atoms with E-state index in [4.69, 9.17) is 4.74 Å². The molecule has 0 radical (unpaired) electrons. The third-order valence-corrected chi connectivity index (χ3v) is 3.83. The van der Waals surface area contributed by atoms with Gasteiger partial charge in [0.25, 0.3) is 0 Å². The monoisotopic (exact) mass is 273 g/mol. The Balaban J connectivity index is 2.28. The Hall–Kier alpha value is -0.880. The Morgan fingerprint density at radius 3 is 3.06 bits per heavy atom. The van der Waals surface area contributed by atoms with Crippen LogP contribution in [-0.2, 0) is 22.1 Å². The van der Waals surface area contributed by atoms with Crippen molar-refractivity contribution in [3.8, 4) is 0 Å². The van der Waals surface area contributed by atoms with Crippen LogP contribution in [0.25, 0.3) is 0 Å². The zero-order valence-electron chi connectivity index (χ0n) is 11.2. The van der Waals surface area contributed by atoms with E-state index >= 15 is 0 Å². The van der Waals surface area contributed by atoms with Crippen molar-refractivity contribution in [1.29, 1.82) is 0 Å². The summed E-state index contributed by atoms with van der Waals surface area (Å²) in [6.45, 7) is 7.05. The summed E-state index contributed by atoms with van der Waals surface area (Å²) in [7, 11) is -0.726. The molecule has 0 spiro atoms. The lowest BCUT2D eigenvalue weighted by Gasteiger charge is -2.09. The van der Waals surface area contributed by atoms with Crippen LogP contribution in [0.15, 0.2) is 12.4 Å². The minimum Gasteiger partial charge on any atom is -0.382 e. The van der Waals surface area contributed by atoms with Gasteiger partial charge in [0.05, 0.1) is 0 Å². The molecule has 1 N–H and O–H groups in total. The number of nitrogens with one attached hydrogen (secondary N) is 1. The number of rotatable bonds is 10. The number of hydrogen-bond acceptors (Lipinski definition) is 4. The van der Waals surface area contributed by atoms with Gasteiger partial charge in [-0.1, -0.05) is 6.92 Å². The van der Waals surface area contributed by atoms with E-state index in [1.165, 1.54) is 0 Å². The summed E-state index contributed by atoms with van der Waals surface area (Å²) in [6, 6.07) is 0. The van der Waals surface area contributed by atoms with Crippen LogP contribution in [0.5, 0.6) is 0 Å². The lowest BCUT2D eigenvalue weighted by molar-refractivity contribution is 0.147. The van der Waals surface area contributed by atoms with Gasteiger partial charge in [-0.15, -0.1) is 0 Å². The van der Waals surface area contributed by atoms with Gasteiger partial charge in [-0.2, -0.15) is 0 Å². The van der Waals surface area contributed by atoms with E-state index in [1.807, 2.05) is 24.6 Å². The summed E-state index contributed by atoms with van der Waals surface area (Å²) in [4.78, 5) is 4.25. The van der Waals surface area contributed by atoms with Gasteiger partial charge in [0.15, 0.2) is 0 Å². The highest BCUT2D eigenvalue weighted by molar-refractivity contribution is 7.84. The molecule has 5 nitrogen and oxygen atoms in total. The summed E-state index contributed by atoms with van der Waals surface area (Å²) in [5.41, 5.74) is 0. The van der Waals surface area contributed by atoms with Crippen molar-refractivity contribution in [3.63, 3.8) is 0 Å². The number of aryl methyl sites for hydroxylation is 1. The molecule has 0 bridgehead atoms. The molecule has 1 atom stereocenters. The number of ether oxygens (including phenoxy) is 1. The van der Waals surface area contributed by atoms with Crippen LogP contribution in [0.3, 0.4) is 0 Å². The predicted octanol–water partition coefficient (Wildman–Crippen LogP) is 1.49. The van der Waals surface area contributed by atoms with Crippen LogP contribution in [-0.4, -0.2) is 45.0 Å². The summed E-state index contributed by atoms with van der Waals surface area (Å²) >= 11 is 0. The largest absolute Gasteiger partial charge is 0.382 e. The van der Waals surface area contributed by atoms with Crippen molar-refractivity contribution in [1.82, 2.24) is 9.55 Å². The van der Waals surface area contributed by atoms with Crippen molar-refractivity contribution >= 4 is 16.7 Å². The van der Waals surface area contributed by atoms with Gasteiger partial charge in [0, 0.05) is 61.0 Å². The van der Waals surface area contributed by atoms with E-state index in [2.05, 4.69) is 10.3 Å². The van der Waals surface area contributed by atoms with Crippen LogP contribution in [0.1, 0.15) is 20.3 Å². The maximum Gasteiger partial charge on any atom is 0.202 e. The maximum absolute atomic E-state index is 11.4. The number of nitrogens with zero attached hydrogens (tertiary/aromatic N) is 2. The standard InChI is InChI=1S/C12H23N3O2S/c1-3-17-10-5-6-13-12-14-7-8-15(12)9-11-18(16)4-2/h7-8H,3-6,9-11H2,1-2H3,(H,13,14). The molecule has 104 valence electrons. The number of imidazole rings is 1. The SMILES string of the molecule is CCOCCCNc1nccn1CCS(=O)CC. The normalized spacial score (nSPS) is 12.6. The zero-order chi connectivity index (χ0) is 13.2. The van der Waals surface area contributed by atoms with Crippen molar-refractivity contribution in [2.24, 2.45) is 0 Å². The molecular weight excluding hydrogens is 250 g/mol. The molecule has 1 aromatic rings. The minimum absolute atomic E-state index is 0.681. The molecule has 0 aliphatic rings. The fourth-order valence-corrected chi connectivity index (χ4v) is 2.21. The fraction of sp³-hybridized carbons (Fsp3) is 0.750. The van der Waals surface area contributed by atoms with E-state index in [1.54, 1.807) is 6.20 Å². The average molecular weight is 273 g/mol. The first kappa shape index (κ1) is 15.2. The smallest absolute Gasteiger partial charge is 0.202 e. The first-order valence-corrected chi connectivity index (χ1v) is 7.94. The molecule has 0 saturated heterocycles. The highest BCUT2D eigenvalue weighted by Crippen LogP contribution is 2.04. The number of hydrogen-bond donors (Lipinski definition) is 1. The molecule has 0 fully saturated rings. The first-order valence-electron chi connectivity index (χ1n) is 6.45. The average Bonchev–Trinajstić information content (AvgIpc) is 2.83. The Bertz CT molecular complexity index is 355. The first-order chi connectivity index (χ1) is 8.77. The highest BCUT2D eigenvalue weighted by atomic mass is 32.2. The van der Waals surface area contributed by atoms with Crippen molar-refractivity contribution < 1.29 is 8.95 Å². The van der Waals surface area contributed by atoms with Crippen LogP contribution in [0.2, 0.25) is 0 Å². The molecule has 1 heterocycles. The van der Waals surface area contributed by atoms with Gasteiger partial charge in [-0.25, -0.2) is 4.98 Å². The van der Waals surface area contributed by atoms with Gasteiger partial charge >= 0.3 is 0 Å². The Morgan fingerprint density at radius 2 is 2.33 bits per heavy atom. The number of aromatic nitrogens is 2. The predicted molar refractivity (Wildman–Crippen MR) is 75.4 cm³/mol. The topological polar surface area (TPSA) is 56.1 Å². The van der Waals surface area contributed by atoms with Gasteiger partial charge < -0.3 is 14.6 Å². The highest BCUT2D eigenvalue weighted by Gasteiger charge is 2.03. The Morgan fingerprint density at radius 1 is 1.50 bits per heavy atom. The van der Waals surface area contributed by atoms with Gasteiger partial charge in [-0.05, 0) is 13.3 Å². The lowest BCUT2D eigenvalue weighted by atomic mass is 10.4. The molecule has 1 rings (SSSR count). The van der Waals surface area contributed by atoms with E-state index in [-0.39, 0.29) is 0 Å². The summed E-state index contributed by atoms with van der Waals surface area (Å²) < 4.78 is 18.7. The Kier molecular flexibility index (Phi) is 7.68. The van der Waals surface area contributed by atoms with Crippen molar-refractivity contribution in [2.45, 2.75) is 26.8 Å². The second-order valence-corrected chi connectivity index (χ2v) is 5.72. The van der Waals surface area contributed by atoms with Crippen LogP contribution in [0.4, 0.5) is 5.95 Å². The molecule has 0 aromatic carbocycles. The molecule has 18 heavy (non-hydrogen) atoms. The minimum atomic E-state index is -0.726. The van der Waals surface area contributed by atoms with E-state index < -0.39 is 10.8 Å². The van der Waals surface area contributed by atoms with E-state index in [0.29, 0.717) is 11.5 Å². The van der Waals surface area contributed by atoms with Gasteiger partial charge in [0.1, 0.15) is 0 Å². The van der Waals surface area contributed by atoms with Crippen LogP contribution < -0.4 is 5.32 Å². The third kappa shape index (κ3) is 5.64. The summed E-state index contributed by atoms with van der Waals surface area (Å²) in [6.07, 6.45) is 4.64. The van der Waals surface area contributed by atoms with Crippen molar-refractivity contribution in [2.75, 3.05) is 36.6 Å². The fourth-order valence-electron chi connectivity index (χ4n) is 1.52. The molecule has 0 saturated carbocycles. The second-order valence-electron chi connectivity index (χ2n) is 3.85. The quantitative estimate of drug-likeness (QED) is 0.656. The third-order valence-electron chi connectivity index (χ3n) is 2.55. The van der Waals surface area contributed by atoms with Gasteiger partial charge in [0.2, 0.25) is 5.95 Å². The molecule has 1 aromatic heterocycles. The molecule has 0 amide bonds. The number of anilines is 1. The summed E-state index contributed by atoms with van der Waals surface area (Å²) in [5, 5.41) is 3.27. The lowest BCUT2D eigenvalue weighted by Crippen LogP contribution is -2.13. The van der Waals surface area contributed by atoms with Gasteiger partial charge in [-0.3, -0.25) is 4.21 Å². The molecular formula is C12H23N3O2S. The second kappa shape index (κ2) is 9.10. The van der Waals surface area contributed by atoms with Crippen molar-refractivity contribution in [3.05, 3.63) is 12.4 Å². The van der Waals surface area contributed by atoms with Crippen LogP contribution in [0, 0.1) is 0 Å². The molecule has 1 unspecified atom stereocenters. The zero-order valence-corrected chi connectivity index (χ0v) is 12.0. The molecule has 6 heteroatoms. The Labute approximate surface area is 111 Å². The van der Waals surface area contributed by atoms with Crippen LogP contribution >= 0.6 is 0 Å². The summed E-state index contributed by atoms with van der Waals surface area (Å²) in [5.74, 6) is 2.24. The molecule has 0 aliphatic carbocycles. The maximum atomic E-state index is 11.4. The van der Waals surface area contributed by atoms with E-state index in [0.717, 1.165) is 38.7 Å².